The van der Waals surface area contributed by atoms with Gasteiger partial charge in [0, 0.05) is 31.1 Å². The molecule has 0 bridgehead atoms. The van der Waals surface area contributed by atoms with Crippen LogP contribution in [-0.4, -0.2) is 61.0 Å². The topological polar surface area (TPSA) is 40.6 Å². The van der Waals surface area contributed by atoms with Crippen LogP contribution in [0.5, 0.6) is 0 Å². The molecule has 2 saturated heterocycles. The van der Waals surface area contributed by atoms with E-state index in [1.165, 1.54) is 6.42 Å². The van der Waals surface area contributed by atoms with E-state index in [0.717, 1.165) is 19.5 Å². The van der Waals surface area contributed by atoms with Crippen LogP contribution in [0.1, 0.15) is 26.2 Å². The van der Waals surface area contributed by atoms with Crippen molar-refractivity contribution in [3.63, 3.8) is 0 Å². The molecule has 2 unspecified atom stereocenters. The van der Waals surface area contributed by atoms with Gasteiger partial charge in [-0.25, -0.2) is 8.42 Å². The Balaban J connectivity index is 2.05. The summed E-state index contributed by atoms with van der Waals surface area (Å²) in [5.74, 6) is 0.602. The van der Waals surface area contributed by atoms with E-state index in [1.807, 2.05) is 6.92 Å². The highest BCUT2D eigenvalue weighted by Crippen LogP contribution is 2.26. The van der Waals surface area contributed by atoms with Crippen LogP contribution in [-0.2, 0) is 10.0 Å². The molecule has 100 valence electrons. The molecule has 0 aromatic heterocycles. The van der Waals surface area contributed by atoms with E-state index in [1.54, 1.807) is 4.31 Å². The maximum atomic E-state index is 12.2. The van der Waals surface area contributed by atoms with Gasteiger partial charge in [-0.2, -0.15) is 4.31 Å². The Labute approximate surface area is 109 Å². The van der Waals surface area contributed by atoms with Crippen LogP contribution < -0.4 is 0 Å². The lowest BCUT2D eigenvalue weighted by Gasteiger charge is -2.41. The smallest absolute Gasteiger partial charge is 0.214 e. The van der Waals surface area contributed by atoms with Gasteiger partial charge in [-0.1, -0.05) is 0 Å². The summed E-state index contributed by atoms with van der Waals surface area (Å²) in [4.78, 5) is 2.43. The molecule has 0 aromatic rings. The lowest BCUT2D eigenvalue weighted by atomic mass is 10.1. The van der Waals surface area contributed by atoms with Gasteiger partial charge in [0.15, 0.2) is 0 Å². The van der Waals surface area contributed by atoms with Crippen molar-refractivity contribution in [2.45, 2.75) is 38.3 Å². The van der Waals surface area contributed by atoms with Gasteiger partial charge < -0.3 is 0 Å². The van der Waals surface area contributed by atoms with Crippen molar-refractivity contribution in [1.82, 2.24) is 9.21 Å². The Bertz CT molecular complexity index is 360. The van der Waals surface area contributed by atoms with Crippen molar-refractivity contribution >= 4 is 21.6 Å². The van der Waals surface area contributed by atoms with Gasteiger partial charge in [-0.15, -0.1) is 11.6 Å². The zero-order valence-corrected chi connectivity index (χ0v) is 11.9. The molecular formula is C11H21ClN2O2S. The number of alkyl halides is 1. The molecule has 2 heterocycles. The van der Waals surface area contributed by atoms with Gasteiger partial charge in [0.05, 0.1) is 5.75 Å². The van der Waals surface area contributed by atoms with E-state index < -0.39 is 10.0 Å². The number of rotatable bonds is 4. The number of piperazine rings is 1. The van der Waals surface area contributed by atoms with Crippen molar-refractivity contribution in [2.75, 3.05) is 31.3 Å². The molecule has 4 nitrogen and oxygen atoms in total. The standard InChI is InChI=1S/C11H21ClN2O2S/c1-10-8-13-6-2-4-11(13)9-14(10)17(15,16)7-3-5-12/h10-11H,2-9H2,1H3. The third-order valence-electron chi connectivity index (χ3n) is 3.77. The first kappa shape index (κ1) is 13.6. The predicted octanol–water partition coefficient (Wildman–Crippen LogP) is 1.11. The van der Waals surface area contributed by atoms with Crippen molar-refractivity contribution in [3.8, 4) is 0 Å². The largest absolute Gasteiger partial charge is 0.297 e. The van der Waals surface area contributed by atoms with Crippen molar-refractivity contribution in [2.24, 2.45) is 0 Å². The monoisotopic (exact) mass is 280 g/mol. The van der Waals surface area contributed by atoms with Gasteiger partial charge in [0.25, 0.3) is 0 Å². The lowest BCUT2D eigenvalue weighted by Crippen LogP contribution is -2.57. The van der Waals surface area contributed by atoms with Gasteiger partial charge >= 0.3 is 0 Å². The first-order valence-corrected chi connectivity index (χ1v) is 8.48. The minimum Gasteiger partial charge on any atom is -0.297 e. The summed E-state index contributed by atoms with van der Waals surface area (Å²) in [6.07, 6.45) is 2.88. The molecule has 0 saturated carbocycles. The van der Waals surface area contributed by atoms with E-state index in [4.69, 9.17) is 11.6 Å². The zero-order valence-electron chi connectivity index (χ0n) is 10.3. The Kier molecular flexibility index (Phi) is 4.34. The molecule has 2 rings (SSSR count). The van der Waals surface area contributed by atoms with Crippen molar-refractivity contribution in [1.29, 1.82) is 0 Å². The molecule has 2 atom stereocenters. The summed E-state index contributed by atoms with van der Waals surface area (Å²) in [7, 11) is -3.11. The van der Waals surface area contributed by atoms with Gasteiger partial charge in [0.1, 0.15) is 0 Å². The number of sulfonamides is 1. The van der Waals surface area contributed by atoms with Crippen LogP contribution in [0.3, 0.4) is 0 Å². The maximum Gasteiger partial charge on any atom is 0.214 e. The summed E-state index contributed by atoms with van der Waals surface area (Å²) < 4.78 is 26.1. The Morgan fingerprint density at radius 2 is 2.12 bits per heavy atom. The average Bonchev–Trinajstić information content (AvgIpc) is 2.72. The third-order valence-corrected chi connectivity index (χ3v) is 6.07. The molecule has 17 heavy (non-hydrogen) atoms. The number of hydrogen-bond donors (Lipinski definition) is 0. The fourth-order valence-electron chi connectivity index (χ4n) is 2.90. The molecule has 0 N–H and O–H groups in total. The van der Waals surface area contributed by atoms with Crippen LogP contribution in [0, 0.1) is 0 Å². The highest BCUT2D eigenvalue weighted by atomic mass is 35.5. The second-order valence-electron chi connectivity index (χ2n) is 5.07. The van der Waals surface area contributed by atoms with Crippen LogP contribution in [0.25, 0.3) is 0 Å². The summed E-state index contributed by atoms with van der Waals surface area (Å²) in [6.45, 7) is 4.69. The maximum absolute atomic E-state index is 12.2. The zero-order chi connectivity index (χ0) is 12.5. The quantitative estimate of drug-likeness (QED) is 0.725. The fraction of sp³-hybridized carbons (Fsp3) is 1.00. The molecule has 0 aromatic carbocycles. The second kappa shape index (κ2) is 5.43. The molecule has 6 heteroatoms. The van der Waals surface area contributed by atoms with E-state index in [2.05, 4.69) is 4.90 Å². The number of hydrogen-bond acceptors (Lipinski definition) is 3. The molecule has 0 amide bonds. The Morgan fingerprint density at radius 1 is 1.35 bits per heavy atom. The van der Waals surface area contributed by atoms with Crippen LogP contribution in [0.4, 0.5) is 0 Å². The van der Waals surface area contributed by atoms with Gasteiger partial charge in [-0.05, 0) is 32.7 Å². The third kappa shape index (κ3) is 2.95. The van der Waals surface area contributed by atoms with Gasteiger partial charge in [0.2, 0.25) is 10.0 Å². The Morgan fingerprint density at radius 3 is 2.82 bits per heavy atom. The molecular weight excluding hydrogens is 260 g/mol. The number of fused-ring (bicyclic) bond motifs is 1. The summed E-state index contributed by atoms with van der Waals surface area (Å²) in [5.41, 5.74) is 0. The minimum atomic E-state index is -3.11. The normalized spacial score (nSPS) is 31.6. The first-order valence-electron chi connectivity index (χ1n) is 6.34. The van der Waals surface area contributed by atoms with Gasteiger partial charge in [-0.3, -0.25) is 4.90 Å². The number of nitrogens with zero attached hydrogens (tertiary/aromatic N) is 2. The summed E-state index contributed by atoms with van der Waals surface area (Å²) in [5, 5.41) is 0. The van der Waals surface area contributed by atoms with E-state index >= 15 is 0 Å². The van der Waals surface area contributed by atoms with Crippen LogP contribution >= 0.6 is 11.6 Å². The SMILES string of the molecule is CC1CN2CCCC2CN1S(=O)(=O)CCCCl. The first-order chi connectivity index (χ1) is 8.04. The minimum absolute atomic E-state index is 0.102. The van der Waals surface area contributed by atoms with E-state index in [9.17, 15) is 8.42 Å². The molecule has 2 aliphatic rings. The number of halogens is 1. The Hall–Kier alpha value is 0.160. The fourth-order valence-corrected chi connectivity index (χ4v) is 4.95. The molecule has 0 spiro atoms. The van der Waals surface area contributed by atoms with Crippen molar-refractivity contribution in [3.05, 3.63) is 0 Å². The molecule has 2 fully saturated rings. The molecule has 2 aliphatic heterocycles. The summed E-state index contributed by atoms with van der Waals surface area (Å²) >= 11 is 5.58. The highest BCUT2D eigenvalue weighted by molar-refractivity contribution is 7.89. The highest BCUT2D eigenvalue weighted by Gasteiger charge is 2.39. The predicted molar refractivity (Wildman–Crippen MR) is 69.9 cm³/mol. The van der Waals surface area contributed by atoms with Crippen molar-refractivity contribution < 1.29 is 8.42 Å². The van der Waals surface area contributed by atoms with E-state index in [0.29, 0.717) is 24.9 Å². The summed E-state index contributed by atoms with van der Waals surface area (Å²) in [6, 6.07) is 0.543. The molecule has 0 radical (unpaired) electrons. The second-order valence-corrected chi connectivity index (χ2v) is 7.49. The van der Waals surface area contributed by atoms with Crippen LogP contribution in [0.2, 0.25) is 0 Å². The molecule has 0 aliphatic carbocycles. The van der Waals surface area contributed by atoms with E-state index in [-0.39, 0.29) is 11.8 Å². The average molecular weight is 281 g/mol. The lowest BCUT2D eigenvalue weighted by molar-refractivity contribution is 0.117. The van der Waals surface area contributed by atoms with Crippen LogP contribution in [0.15, 0.2) is 0 Å².